The van der Waals surface area contributed by atoms with Crippen LogP contribution < -0.4 is 0 Å². The Morgan fingerprint density at radius 2 is 1.95 bits per heavy atom. The van der Waals surface area contributed by atoms with E-state index in [4.69, 9.17) is 16.3 Å². The number of benzene rings is 2. The lowest BCUT2D eigenvalue weighted by molar-refractivity contribution is 0.0601. The predicted octanol–water partition coefficient (Wildman–Crippen LogP) is 4.84. The molecule has 2 aromatic rings. The van der Waals surface area contributed by atoms with E-state index in [2.05, 4.69) is 22.4 Å². The van der Waals surface area contributed by atoms with Crippen LogP contribution >= 0.6 is 23.8 Å². The Morgan fingerprint density at radius 1 is 1.24 bits per heavy atom. The summed E-state index contributed by atoms with van der Waals surface area (Å²) in [6.45, 7) is 1.88. The van der Waals surface area contributed by atoms with Crippen LogP contribution in [0.25, 0.3) is 11.1 Å². The third-order valence-corrected chi connectivity index (χ3v) is 3.57. The summed E-state index contributed by atoms with van der Waals surface area (Å²) >= 11 is 11.1. The quantitative estimate of drug-likeness (QED) is 0.462. The lowest BCUT2D eigenvalue weighted by Crippen LogP contribution is -2.03. The summed E-state index contributed by atoms with van der Waals surface area (Å²) in [4.78, 5) is 15.9. The number of carbonyl (C=O) groups is 1. The number of halogens is 1. The summed E-state index contributed by atoms with van der Waals surface area (Å²) < 4.78 is 4.81. The first kappa shape index (κ1) is 15.4. The lowest BCUT2D eigenvalue weighted by atomic mass is 9.98. The van der Waals surface area contributed by atoms with Crippen molar-refractivity contribution in [1.29, 1.82) is 0 Å². The summed E-state index contributed by atoms with van der Waals surface area (Å²) in [6, 6.07) is 10.8. The van der Waals surface area contributed by atoms with Crippen molar-refractivity contribution in [3.8, 4) is 11.1 Å². The molecule has 0 saturated carbocycles. The lowest BCUT2D eigenvalue weighted by Gasteiger charge is -2.12. The molecule has 0 aliphatic heterocycles. The molecule has 0 saturated heterocycles. The molecule has 2 rings (SSSR count). The van der Waals surface area contributed by atoms with Crippen LogP contribution in [0.3, 0.4) is 0 Å². The largest absolute Gasteiger partial charge is 0.465 e. The van der Waals surface area contributed by atoms with Crippen LogP contribution in [-0.4, -0.2) is 18.2 Å². The fourth-order valence-electron chi connectivity index (χ4n) is 2.06. The highest BCUT2D eigenvalue weighted by atomic mass is 35.5. The minimum absolute atomic E-state index is 0.415. The van der Waals surface area contributed by atoms with Crippen molar-refractivity contribution in [2.75, 3.05) is 7.11 Å². The number of aliphatic imine (C=N–C) groups is 1. The molecule has 3 nitrogen and oxygen atoms in total. The van der Waals surface area contributed by atoms with Gasteiger partial charge in [-0.1, -0.05) is 41.9 Å². The van der Waals surface area contributed by atoms with Gasteiger partial charge in [0.15, 0.2) is 0 Å². The van der Waals surface area contributed by atoms with E-state index < -0.39 is 5.97 Å². The molecule has 0 unspecified atom stereocenters. The van der Waals surface area contributed by atoms with Gasteiger partial charge in [0.05, 0.1) is 28.5 Å². The normalized spacial score (nSPS) is 9.86. The summed E-state index contributed by atoms with van der Waals surface area (Å²) in [6.07, 6.45) is 0. The topological polar surface area (TPSA) is 38.7 Å². The Bertz CT molecular complexity index is 752. The number of nitrogens with zero attached hydrogens (tertiary/aromatic N) is 1. The Kier molecular flexibility index (Phi) is 4.86. The number of carbonyl (C=O) groups excluding carboxylic acids is 1. The van der Waals surface area contributed by atoms with Gasteiger partial charge in [-0.2, -0.15) is 4.99 Å². The number of hydrogen-bond acceptors (Lipinski definition) is 4. The first-order chi connectivity index (χ1) is 10.1. The van der Waals surface area contributed by atoms with Gasteiger partial charge >= 0.3 is 5.97 Å². The first-order valence-corrected chi connectivity index (χ1v) is 6.93. The third kappa shape index (κ3) is 3.03. The van der Waals surface area contributed by atoms with Crippen LogP contribution in [0.15, 0.2) is 41.4 Å². The molecular weight excluding hydrogens is 306 g/mol. The van der Waals surface area contributed by atoms with E-state index in [0.29, 0.717) is 27.4 Å². The smallest absolute Gasteiger partial charge is 0.338 e. The van der Waals surface area contributed by atoms with E-state index in [1.165, 1.54) is 7.11 Å². The minimum Gasteiger partial charge on any atom is -0.465 e. The average Bonchev–Trinajstić information content (AvgIpc) is 2.51. The SMILES string of the molecule is COC(=O)c1ccccc1-c1ccc(C)c(N=C=S)c1Cl. The van der Waals surface area contributed by atoms with Crippen LogP contribution in [0.5, 0.6) is 0 Å². The van der Waals surface area contributed by atoms with E-state index in [1.54, 1.807) is 12.1 Å². The highest BCUT2D eigenvalue weighted by Crippen LogP contribution is 2.39. The molecule has 0 fully saturated rings. The molecule has 0 amide bonds. The molecule has 0 spiro atoms. The Labute approximate surface area is 133 Å². The molecule has 0 bridgehead atoms. The van der Waals surface area contributed by atoms with Gasteiger partial charge < -0.3 is 4.74 Å². The fourth-order valence-corrected chi connectivity index (χ4v) is 2.51. The standard InChI is InChI=1S/C16H12ClNO2S/c1-10-7-8-12(14(17)15(10)18-9-21)11-5-3-4-6-13(11)16(19)20-2/h3-8H,1-2H3. The van der Waals surface area contributed by atoms with Crippen molar-refractivity contribution >= 4 is 40.6 Å². The van der Waals surface area contributed by atoms with Gasteiger partial charge in [-0.15, -0.1) is 0 Å². The maximum Gasteiger partial charge on any atom is 0.338 e. The summed E-state index contributed by atoms with van der Waals surface area (Å²) in [5, 5.41) is 2.76. The average molecular weight is 318 g/mol. The van der Waals surface area contributed by atoms with Crippen molar-refractivity contribution in [1.82, 2.24) is 0 Å². The zero-order valence-corrected chi connectivity index (χ0v) is 13.1. The first-order valence-electron chi connectivity index (χ1n) is 6.14. The number of methoxy groups -OCH3 is 1. The summed E-state index contributed by atoms with van der Waals surface area (Å²) in [7, 11) is 1.34. The van der Waals surface area contributed by atoms with Gasteiger partial charge in [0.25, 0.3) is 0 Å². The van der Waals surface area contributed by atoms with Gasteiger partial charge in [-0.3, -0.25) is 0 Å². The molecule has 0 aliphatic rings. The highest BCUT2D eigenvalue weighted by molar-refractivity contribution is 7.78. The van der Waals surface area contributed by atoms with Gasteiger partial charge in [-0.25, -0.2) is 4.79 Å². The zero-order valence-electron chi connectivity index (χ0n) is 11.5. The van der Waals surface area contributed by atoms with Crippen molar-refractivity contribution in [2.24, 2.45) is 4.99 Å². The number of isothiocyanates is 1. The molecule has 0 radical (unpaired) electrons. The Balaban J connectivity index is 2.71. The Morgan fingerprint density at radius 3 is 2.62 bits per heavy atom. The maximum atomic E-state index is 11.9. The number of aryl methyl sites for hydroxylation is 1. The van der Waals surface area contributed by atoms with Gasteiger partial charge in [0, 0.05) is 5.56 Å². The molecule has 106 valence electrons. The number of hydrogen-bond donors (Lipinski definition) is 0. The molecule has 21 heavy (non-hydrogen) atoms. The second-order valence-electron chi connectivity index (χ2n) is 4.33. The zero-order chi connectivity index (χ0) is 15.4. The second-order valence-corrected chi connectivity index (χ2v) is 4.89. The molecule has 2 aromatic carbocycles. The molecular formula is C16H12ClNO2S. The number of ether oxygens (including phenoxy) is 1. The van der Waals surface area contributed by atoms with E-state index in [0.717, 1.165) is 5.56 Å². The third-order valence-electron chi connectivity index (χ3n) is 3.10. The summed E-state index contributed by atoms with van der Waals surface area (Å²) in [5.41, 5.74) is 3.28. The van der Waals surface area contributed by atoms with Gasteiger partial charge in [0.1, 0.15) is 0 Å². The number of rotatable bonds is 3. The van der Waals surface area contributed by atoms with Crippen molar-refractivity contribution < 1.29 is 9.53 Å². The van der Waals surface area contributed by atoms with Crippen LogP contribution in [0, 0.1) is 6.92 Å². The molecule has 0 aliphatic carbocycles. The molecule has 0 N–H and O–H groups in total. The molecule has 0 heterocycles. The Hall–Kier alpha value is -2.00. The van der Waals surface area contributed by atoms with Crippen LogP contribution in [0.1, 0.15) is 15.9 Å². The van der Waals surface area contributed by atoms with E-state index in [-0.39, 0.29) is 0 Å². The minimum atomic E-state index is -0.415. The van der Waals surface area contributed by atoms with Gasteiger partial charge in [0.2, 0.25) is 0 Å². The van der Waals surface area contributed by atoms with E-state index in [1.807, 2.05) is 31.2 Å². The van der Waals surface area contributed by atoms with Crippen molar-refractivity contribution in [3.63, 3.8) is 0 Å². The second kappa shape index (κ2) is 6.64. The van der Waals surface area contributed by atoms with E-state index in [9.17, 15) is 4.79 Å². The van der Waals surface area contributed by atoms with Crippen molar-refractivity contribution in [3.05, 3.63) is 52.5 Å². The summed E-state index contributed by atoms with van der Waals surface area (Å²) in [5.74, 6) is -0.415. The van der Waals surface area contributed by atoms with Crippen LogP contribution in [0.2, 0.25) is 5.02 Å². The monoisotopic (exact) mass is 317 g/mol. The molecule has 0 atom stereocenters. The molecule has 0 aromatic heterocycles. The predicted molar refractivity (Wildman–Crippen MR) is 87.7 cm³/mol. The highest BCUT2D eigenvalue weighted by Gasteiger charge is 2.17. The molecule has 5 heteroatoms. The van der Waals surface area contributed by atoms with Crippen LogP contribution in [0.4, 0.5) is 5.69 Å². The number of esters is 1. The van der Waals surface area contributed by atoms with E-state index >= 15 is 0 Å². The van der Waals surface area contributed by atoms with Crippen LogP contribution in [-0.2, 0) is 4.74 Å². The maximum absolute atomic E-state index is 11.9. The van der Waals surface area contributed by atoms with Gasteiger partial charge in [-0.05, 0) is 36.3 Å². The fraction of sp³-hybridized carbons (Fsp3) is 0.125. The number of thiocarbonyl (C=S) groups is 1. The van der Waals surface area contributed by atoms with Crippen molar-refractivity contribution in [2.45, 2.75) is 6.92 Å².